The van der Waals surface area contributed by atoms with Gasteiger partial charge in [0.25, 0.3) is 0 Å². The number of hydrogen-bond donors (Lipinski definition) is 0. The summed E-state index contributed by atoms with van der Waals surface area (Å²) in [5, 5.41) is 3.62. The second-order valence-electron chi connectivity index (χ2n) is 14.2. The highest BCUT2D eigenvalue weighted by molar-refractivity contribution is 6.06. The predicted molar refractivity (Wildman–Crippen MR) is 206 cm³/mol. The Morgan fingerprint density at radius 2 is 1.30 bits per heavy atom. The van der Waals surface area contributed by atoms with Crippen molar-refractivity contribution < 1.29 is 4.42 Å². The summed E-state index contributed by atoms with van der Waals surface area (Å²) in [4.78, 5) is 10.5. The predicted octanol–water partition coefficient (Wildman–Crippen LogP) is 12.2. The average Bonchev–Trinajstić information content (AvgIpc) is 3.67. The van der Waals surface area contributed by atoms with Crippen molar-refractivity contribution in [3.05, 3.63) is 175 Å². The number of rotatable bonds is 4. The molecule has 3 heteroatoms. The Bertz CT molecular complexity index is 2680. The van der Waals surface area contributed by atoms with Crippen LogP contribution in [0.25, 0.3) is 72.1 Å². The topological polar surface area (TPSA) is 38.9 Å². The molecule has 6 aromatic carbocycles. The van der Waals surface area contributed by atoms with Gasteiger partial charge in [-0.2, -0.15) is 0 Å². The minimum atomic E-state index is -0.132. The SMILES string of the molecule is CC1(C)c2c(c(-c3ccccc3)cc3ccccc23)C2C=CC(c3nc(-c4cccc(-c5ccccc5)c4)nc4c3oc3ccccc34)=CC21. The van der Waals surface area contributed by atoms with Gasteiger partial charge in [-0.15, -0.1) is 0 Å². The zero-order valence-corrected chi connectivity index (χ0v) is 28.0. The molecule has 2 heterocycles. The van der Waals surface area contributed by atoms with E-state index in [-0.39, 0.29) is 17.3 Å². The summed E-state index contributed by atoms with van der Waals surface area (Å²) >= 11 is 0. The summed E-state index contributed by atoms with van der Waals surface area (Å²) in [7, 11) is 0. The van der Waals surface area contributed by atoms with Gasteiger partial charge in [0.2, 0.25) is 0 Å². The molecule has 0 aliphatic heterocycles. The van der Waals surface area contributed by atoms with E-state index in [9.17, 15) is 0 Å². The largest absolute Gasteiger partial charge is 0.452 e. The van der Waals surface area contributed by atoms with E-state index >= 15 is 0 Å². The highest BCUT2D eigenvalue weighted by atomic mass is 16.3. The smallest absolute Gasteiger partial charge is 0.180 e. The number of fused-ring (bicyclic) bond motifs is 8. The normalized spacial score (nSPS) is 17.6. The second-order valence-corrected chi connectivity index (χ2v) is 14.2. The fraction of sp³-hybridized carbons (Fsp3) is 0.106. The Labute approximate surface area is 291 Å². The first kappa shape index (κ1) is 28.9. The molecular weight excluding hydrogens is 609 g/mol. The van der Waals surface area contributed by atoms with Crippen LogP contribution in [0.5, 0.6) is 0 Å². The van der Waals surface area contributed by atoms with Crippen LogP contribution in [-0.2, 0) is 5.41 Å². The van der Waals surface area contributed by atoms with E-state index in [1.54, 1.807) is 0 Å². The van der Waals surface area contributed by atoms with Gasteiger partial charge in [-0.05, 0) is 79.8 Å². The Morgan fingerprint density at radius 3 is 2.12 bits per heavy atom. The van der Waals surface area contributed by atoms with Crippen LogP contribution in [0.1, 0.15) is 36.6 Å². The molecule has 2 aromatic heterocycles. The van der Waals surface area contributed by atoms with Crippen LogP contribution in [0.2, 0.25) is 0 Å². The molecule has 8 aromatic rings. The molecule has 2 aliphatic carbocycles. The summed E-state index contributed by atoms with van der Waals surface area (Å²) in [5.41, 5.74) is 12.9. The molecule has 0 radical (unpaired) electrons. The van der Waals surface area contributed by atoms with E-state index in [4.69, 9.17) is 14.4 Å². The van der Waals surface area contributed by atoms with Crippen LogP contribution in [0, 0.1) is 5.92 Å². The Hall–Kier alpha value is -6.06. The molecule has 0 spiro atoms. The molecule has 0 N–H and O–H groups in total. The van der Waals surface area contributed by atoms with Gasteiger partial charge in [-0.1, -0.05) is 147 Å². The second kappa shape index (κ2) is 11.0. The lowest BCUT2D eigenvalue weighted by molar-refractivity contribution is 0.397. The molecule has 2 atom stereocenters. The number of para-hydroxylation sites is 1. The monoisotopic (exact) mass is 642 g/mol. The van der Waals surface area contributed by atoms with Crippen molar-refractivity contribution in [1.82, 2.24) is 9.97 Å². The molecule has 50 heavy (non-hydrogen) atoms. The zero-order chi connectivity index (χ0) is 33.4. The summed E-state index contributed by atoms with van der Waals surface area (Å²) in [6, 6.07) is 49.3. The number of nitrogens with zero attached hydrogens (tertiary/aromatic N) is 2. The number of hydrogen-bond acceptors (Lipinski definition) is 3. The van der Waals surface area contributed by atoms with Crippen molar-refractivity contribution in [2.24, 2.45) is 5.92 Å². The third kappa shape index (κ3) is 4.36. The summed E-state index contributed by atoms with van der Waals surface area (Å²) in [5.74, 6) is 1.16. The van der Waals surface area contributed by atoms with Crippen LogP contribution >= 0.6 is 0 Å². The number of furan rings is 1. The molecule has 0 saturated carbocycles. The van der Waals surface area contributed by atoms with Gasteiger partial charge in [-0.25, -0.2) is 9.97 Å². The van der Waals surface area contributed by atoms with Crippen molar-refractivity contribution >= 4 is 38.4 Å². The third-order valence-electron chi connectivity index (χ3n) is 10.9. The fourth-order valence-corrected chi connectivity index (χ4v) is 8.58. The molecule has 3 nitrogen and oxygen atoms in total. The average molecular weight is 643 g/mol. The van der Waals surface area contributed by atoms with E-state index in [0.29, 0.717) is 5.82 Å². The molecule has 0 bridgehead atoms. The molecule has 0 fully saturated rings. The van der Waals surface area contributed by atoms with Gasteiger partial charge in [0.15, 0.2) is 11.4 Å². The third-order valence-corrected chi connectivity index (χ3v) is 10.9. The summed E-state index contributed by atoms with van der Waals surface area (Å²) in [6.07, 6.45) is 7.16. The standard InChI is InChI=1S/C47H34N2O/c1-47(2)39-28-33(24-25-36(39)41-38(30-16-7-4-8-17-30)27-32-18-9-10-21-35(32)42(41)47)43-45-44(37-22-11-12-23-40(37)50-45)49-46(48-43)34-20-13-19-31(26-34)29-14-5-3-6-15-29/h3-28,36,39H,1-2H3. The summed E-state index contributed by atoms with van der Waals surface area (Å²) in [6.45, 7) is 4.84. The molecule has 2 aliphatic rings. The quantitative estimate of drug-likeness (QED) is 0.192. The first-order valence-electron chi connectivity index (χ1n) is 17.4. The maximum absolute atomic E-state index is 6.58. The number of allylic oxidation sites excluding steroid dienone is 4. The lowest BCUT2D eigenvalue weighted by Gasteiger charge is -2.31. The van der Waals surface area contributed by atoms with Gasteiger partial charge >= 0.3 is 0 Å². The van der Waals surface area contributed by atoms with Gasteiger partial charge in [0.05, 0.1) is 0 Å². The molecular formula is C47H34N2O. The van der Waals surface area contributed by atoms with Gasteiger partial charge in [-0.3, -0.25) is 0 Å². The molecule has 0 amide bonds. The van der Waals surface area contributed by atoms with Crippen molar-refractivity contribution in [1.29, 1.82) is 0 Å². The van der Waals surface area contributed by atoms with Gasteiger partial charge in [0.1, 0.15) is 16.8 Å². The van der Waals surface area contributed by atoms with Crippen LogP contribution in [0.4, 0.5) is 0 Å². The molecule has 2 unspecified atom stereocenters. The first-order chi connectivity index (χ1) is 24.5. The van der Waals surface area contributed by atoms with Crippen molar-refractivity contribution in [2.45, 2.75) is 25.2 Å². The highest BCUT2D eigenvalue weighted by Gasteiger charge is 2.47. The van der Waals surface area contributed by atoms with Crippen LogP contribution in [-0.4, -0.2) is 9.97 Å². The highest BCUT2D eigenvalue weighted by Crippen LogP contribution is 2.58. The minimum absolute atomic E-state index is 0.132. The van der Waals surface area contributed by atoms with Crippen LogP contribution < -0.4 is 0 Å². The Balaban J connectivity index is 1.17. The number of benzene rings is 6. The molecule has 0 saturated heterocycles. The van der Waals surface area contributed by atoms with Crippen molar-refractivity contribution in [2.75, 3.05) is 0 Å². The lowest BCUT2D eigenvalue weighted by Crippen LogP contribution is -2.25. The lowest BCUT2D eigenvalue weighted by atomic mass is 9.72. The maximum atomic E-state index is 6.58. The van der Waals surface area contributed by atoms with Crippen LogP contribution in [0.15, 0.2) is 162 Å². The van der Waals surface area contributed by atoms with E-state index in [1.807, 2.05) is 24.3 Å². The fourth-order valence-electron chi connectivity index (χ4n) is 8.58. The van der Waals surface area contributed by atoms with Crippen LogP contribution in [0.3, 0.4) is 0 Å². The Kier molecular flexibility index (Phi) is 6.35. The maximum Gasteiger partial charge on any atom is 0.180 e. The molecule has 238 valence electrons. The first-order valence-corrected chi connectivity index (χ1v) is 17.4. The van der Waals surface area contributed by atoms with E-state index in [2.05, 4.69) is 147 Å². The zero-order valence-electron chi connectivity index (χ0n) is 28.0. The van der Waals surface area contributed by atoms with Crippen molar-refractivity contribution in [3.63, 3.8) is 0 Å². The van der Waals surface area contributed by atoms with E-state index in [1.165, 1.54) is 38.6 Å². The van der Waals surface area contributed by atoms with Gasteiger partial charge in [0, 0.05) is 22.4 Å². The minimum Gasteiger partial charge on any atom is -0.452 e. The van der Waals surface area contributed by atoms with Crippen molar-refractivity contribution in [3.8, 4) is 33.6 Å². The van der Waals surface area contributed by atoms with E-state index in [0.717, 1.165) is 44.5 Å². The van der Waals surface area contributed by atoms with Gasteiger partial charge < -0.3 is 4.42 Å². The Morgan fingerprint density at radius 1 is 0.620 bits per heavy atom. The summed E-state index contributed by atoms with van der Waals surface area (Å²) < 4.78 is 6.58. The van der Waals surface area contributed by atoms with E-state index < -0.39 is 0 Å². The molecule has 10 rings (SSSR count). The number of aromatic nitrogens is 2.